The molecular formula is C18H11ClFN3O3. The summed E-state index contributed by atoms with van der Waals surface area (Å²) < 4.78 is 14.4. The lowest BCUT2D eigenvalue weighted by atomic mass is 10.1. The summed E-state index contributed by atoms with van der Waals surface area (Å²) in [5, 5.41) is 13.7. The molecular weight excluding hydrogens is 361 g/mol. The average molecular weight is 372 g/mol. The van der Waals surface area contributed by atoms with E-state index in [-0.39, 0.29) is 33.2 Å². The number of carbonyl (C=O) groups is 1. The van der Waals surface area contributed by atoms with Crippen LogP contribution in [0.5, 0.6) is 0 Å². The third-order valence-corrected chi connectivity index (χ3v) is 3.90. The Balaban J connectivity index is 1.89. The second-order valence-corrected chi connectivity index (χ2v) is 5.66. The van der Waals surface area contributed by atoms with Gasteiger partial charge < -0.3 is 5.32 Å². The Kier molecular flexibility index (Phi) is 4.90. The van der Waals surface area contributed by atoms with Gasteiger partial charge in [0.05, 0.1) is 15.6 Å². The number of anilines is 1. The number of amides is 1. The maximum Gasteiger partial charge on any atom is 0.292 e. The first-order chi connectivity index (χ1) is 12.5. The first kappa shape index (κ1) is 17.5. The van der Waals surface area contributed by atoms with Gasteiger partial charge in [-0.2, -0.15) is 0 Å². The van der Waals surface area contributed by atoms with E-state index >= 15 is 0 Å². The van der Waals surface area contributed by atoms with Crippen molar-refractivity contribution in [2.75, 3.05) is 5.32 Å². The molecule has 1 aromatic heterocycles. The second kappa shape index (κ2) is 7.28. The van der Waals surface area contributed by atoms with E-state index in [1.54, 1.807) is 18.2 Å². The fourth-order valence-electron chi connectivity index (χ4n) is 2.37. The number of nitro groups is 1. The fraction of sp³-hybridized carbons (Fsp3) is 0. The van der Waals surface area contributed by atoms with Crippen molar-refractivity contribution in [1.82, 2.24) is 4.98 Å². The van der Waals surface area contributed by atoms with E-state index in [0.717, 1.165) is 6.07 Å². The Morgan fingerprint density at radius 3 is 2.62 bits per heavy atom. The molecule has 3 aromatic rings. The summed E-state index contributed by atoms with van der Waals surface area (Å²) in [4.78, 5) is 26.7. The predicted octanol–water partition coefficient (Wildman–Crippen LogP) is 4.70. The molecule has 1 N–H and O–H groups in total. The van der Waals surface area contributed by atoms with E-state index in [1.807, 2.05) is 0 Å². The fourth-order valence-corrected chi connectivity index (χ4v) is 2.59. The van der Waals surface area contributed by atoms with Gasteiger partial charge in [0.25, 0.3) is 11.6 Å². The SMILES string of the molecule is O=C(Nc1ccccc1[N+](=O)[O-])c1ccc(-c2ncccc2Cl)c(F)c1. The van der Waals surface area contributed by atoms with Crippen LogP contribution in [0.1, 0.15) is 10.4 Å². The molecule has 0 saturated heterocycles. The third-order valence-electron chi connectivity index (χ3n) is 3.59. The lowest BCUT2D eigenvalue weighted by Gasteiger charge is -2.08. The van der Waals surface area contributed by atoms with Crippen LogP contribution < -0.4 is 5.32 Å². The van der Waals surface area contributed by atoms with E-state index < -0.39 is 16.6 Å². The van der Waals surface area contributed by atoms with Crippen molar-refractivity contribution < 1.29 is 14.1 Å². The summed E-state index contributed by atoms with van der Waals surface area (Å²) in [7, 11) is 0. The van der Waals surface area contributed by atoms with Gasteiger partial charge in [0.15, 0.2) is 0 Å². The summed E-state index contributed by atoms with van der Waals surface area (Å²) in [5.74, 6) is -1.35. The number of rotatable bonds is 4. The van der Waals surface area contributed by atoms with Crippen molar-refractivity contribution in [1.29, 1.82) is 0 Å². The molecule has 0 bridgehead atoms. The van der Waals surface area contributed by atoms with Crippen molar-refractivity contribution >= 4 is 28.9 Å². The molecule has 26 heavy (non-hydrogen) atoms. The van der Waals surface area contributed by atoms with Crippen LogP contribution in [0.2, 0.25) is 5.02 Å². The molecule has 3 rings (SSSR count). The Morgan fingerprint density at radius 2 is 1.92 bits per heavy atom. The molecule has 0 aliphatic heterocycles. The number of pyridine rings is 1. The molecule has 6 nitrogen and oxygen atoms in total. The van der Waals surface area contributed by atoms with Crippen LogP contribution in [0.4, 0.5) is 15.8 Å². The zero-order chi connectivity index (χ0) is 18.7. The van der Waals surface area contributed by atoms with E-state index in [2.05, 4.69) is 10.3 Å². The number of hydrogen-bond acceptors (Lipinski definition) is 4. The van der Waals surface area contributed by atoms with Gasteiger partial charge in [-0.05, 0) is 36.4 Å². The standard InChI is InChI=1S/C18H11ClFN3O3/c19-13-4-3-9-21-17(13)12-8-7-11(10-14(12)20)18(24)22-15-5-1-2-6-16(15)23(25)26/h1-10H,(H,22,24). The van der Waals surface area contributed by atoms with Crippen molar-refractivity contribution in [3.8, 4) is 11.3 Å². The Bertz CT molecular complexity index is 1010. The number of hydrogen-bond donors (Lipinski definition) is 1. The number of nitrogens with zero attached hydrogens (tertiary/aromatic N) is 2. The molecule has 1 amide bonds. The van der Waals surface area contributed by atoms with Gasteiger partial charge >= 0.3 is 0 Å². The molecule has 0 saturated carbocycles. The molecule has 8 heteroatoms. The van der Waals surface area contributed by atoms with Gasteiger partial charge in [-0.3, -0.25) is 19.9 Å². The lowest BCUT2D eigenvalue weighted by Crippen LogP contribution is -2.13. The number of halogens is 2. The van der Waals surface area contributed by atoms with Crippen LogP contribution in [0, 0.1) is 15.9 Å². The van der Waals surface area contributed by atoms with E-state index in [4.69, 9.17) is 11.6 Å². The highest BCUT2D eigenvalue weighted by molar-refractivity contribution is 6.33. The normalized spacial score (nSPS) is 10.4. The highest BCUT2D eigenvalue weighted by atomic mass is 35.5. The molecule has 0 unspecified atom stereocenters. The van der Waals surface area contributed by atoms with Crippen LogP contribution in [-0.2, 0) is 0 Å². The molecule has 130 valence electrons. The minimum Gasteiger partial charge on any atom is -0.316 e. The first-order valence-corrected chi connectivity index (χ1v) is 7.80. The highest BCUT2D eigenvalue weighted by Gasteiger charge is 2.17. The maximum atomic E-state index is 14.4. The van der Waals surface area contributed by atoms with Gasteiger partial charge in [0.1, 0.15) is 11.5 Å². The number of nitro benzene ring substituents is 1. The molecule has 0 radical (unpaired) electrons. The van der Waals surface area contributed by atoms with Gasteiger partial charge in [0.2, 0.25) is 0 Å². The monoisotopic (exact) mass is 371 g/mol. The number of aromatic nitrogens is 1. The van der Waals surface area contributed by atoms with E-state index in [0.29, 0.717) is 0 Å². The smallest absolute Gasteiger partial charge is 0.292 e. The number of carbonyl (C=O) groups excluding carboxylic acids is 1. The quantitative estimate of drug-likeness (QED) is 0.532. The minimum atomic E-state index is -0.680. The number of benzene rings is 2. The Hall–Kier alpha value is -3.32. The van der Waals surface area contributed by atoms with Crippen LogP contribution >= 0.6 is 11.6 Å². The topological polar surface area (TPSA) is 85.1 Å². The summed E-state index contributed by atoms with van der Waals surface area (Å²) in [6.45, 7) is 0. The number of para-hydroxylation sites is 2. The number of nitrogens with one attached hydrogen (secondary N) is 1. The zero-order valence-corrected chi connectivity index (χ0v) is 13.9. The van der Waals surface area contributed by atoms with Gasteiger partial charge in [-0.15, -0.1) is 0 Å². The van der Waals surface area contributed by atoms with E-state index in [9.17, 15) is 19.3 Å². The van der Waals surface area contributed by atoms with E-state index in [1.165, 1.54) is 36.5 Å². The van der Waals surface area contributed by atoms with Gasteiger partial charge in [-0.25, -0.2) is 4.39 Å². The van der Waals surface area contributed by atoms with Crippen LogP contribution in [0.25, 0.3) is 11.3 Å². The predicted molar refractivity (Wildman–Crippen MR) is 95.7 cm³/mol. The summed E-state index contributed by atoms with van der Waals surface area (Å²) in [6, 6.07) is 12.7. The molecule has 0 aliphatic carbocycles. The Morgan fingerprint density at radius 1 is 1.15 bits per heavy atom. The third kappa shape index (κ3) is 3.52. The van der Waals surface area contributed by atoms with Crippen molar-refractivity contribution in [2.45, 2.75) is 0 Å². The largest absolute Gasteiger partial charge is 0.316 e. The molecule has 0 atom stereocenters. The van der Waals surface area contributed by atoms with Crippen molar-refractivity contribution in [3.05, 3.63) is 87.3 Å². The maximum absolute atomic E-state index is 14.4. The lowest BCUT2D eigenvalue weighted by molar-refractivity contribution is -0.383. The van der Waals surface area contributed by atoms with Crippen molar-refractivity contribution in [3.63, 3.8) is 0 Å². The molecule has 0 fully saturated rings. The first-order valence-electron chi connectivity index (χ1n) is 7.42. The second-order valence-electron chi connectivity index (χ2n) is 5.26. The molecule has 0 aliphatic rings. The average Bonchev–Trinajstić information content (AvgIpc) is 2.62. The van der Waals surface area contributed by atoms with Crippen LogP contribution in [-0.4, -0.2) is 15.8 Å². The zero-order valence-electron chi connectivity index (χ0n) is 13.1. The van der Waals surface area contributed by atoms with Gasteiger partial charge in [0, 0.05) is 23.4 Å². The summed E-state index contributed by atoms with van der Waals surface area (Å²) in [6.07, 6.45) is 1.48. The molecule has 2 aromatic carbocycles. The highest BCUT2D eigenvalue weighted by Crippen LogP contribution is 2.29. The molecule has 0 spiro atoms. The van der Waals surface area contributed by atoms with Crippen LogP contribution in [0.15, 0.2) is 60.8 Å². The van der Waals surface area contributed by atoms with Crippen LogP contribution in [0.3, 0.4) is 0 Å². The van der Waals surface area contributed by atoms with Crippen molar-refractivity contribution in [2.24, 2.45) is 0 Å². The summed E-state index contributed by atoms with van der Waals surface area (Å²) >= 11 is 6.02. The minimum absolute atomic E-state index is 0.0106. The molecule has 1 heterocycles. The Labute approximate surface area is 152 Å². The van der Waals surface area contributed by atoms with Gasteiger partial charge in [-0.1, -0.05) is 23.7 Å². The summed E-state index contributed by atoms with van der Waals surface area (Å²) in [5.41, 5.74) is 0.199.